The average molecular weight is 374 g/mol. The number of amides is 1. The lowest BCUT2D eigenvalue weighted by Gasteiger charge is -2.38. The highest BCUT2D eigenvalue weighted by atomic mass is 19.4. The fourth-order valence-electron chi connectivity index (χ4n) is 1.99. The molecule has 10 heteroatoms. The quantitative estimate of drug-likeness (QED) is 0.559. The van der Waals surface area contributed by atoms with Crippen LogP contribution in [0.25, 0.3) is 0 Å². The monoisotopic (exact) mass is 374 g/mol. The predicted octanol–water partition coefficient (Wildman–Crippen LogP) is 4.04. The van der Waals surface area contributed by atoms with E-state index in [1.54, 1.807) is 6.92 Å². The van der Waals surface area contributed by atoms with Gasteiger partial charge in [0.2, 0.25) is 5.91 Å². The number of unbranched alkanes of at least 4 members (excludes halogenated alkanes) is 1. The zero-order valence-corrected chi connectivity index (χ0v) is 13.2. The lowest BCUT2D eigenvalue weighted by atomic mass is 10.1. The van der Waals surface area contributed by atoms with E-state index in [4.69, 9.17) is 0 Å². The molecule has 1 amide bonds. The van der Waals surface area contributed by atoms with Gasteiger partial charge < -0.3 is 5.32 Å². The van der Waals surface area contributed by atoms with Crippen LogP contribution in [0.1, 0.15) is 31.7 Å². The van der Waals surface area contributed by atoms with Crippen LogP contribution in [0.2, 0.25) is 0 Å². The smallest absolute Gasteiger partial charge is 0.323 e. The van der Waals surface area contributed by atoms with E-state index in [9.17, 15) is 35.5 Å². The van der Waals surface area contributed by atoms with E-state index in [0.717, 1.165) is 29.6 Å². The Morgan fingerprint density at radius 1 is 1.00 bits per heavy atom. The lowest BCUT2D eigenvalue weighted by molar-refractivity contribution is -0.316. The molecule has 2 N–H and O–H groups in total. The average Bonchev–Trinajstić information content (AvgIpc) is 2.48. The first-order valence-corrected chi connectivity index (χ1v) is 7.37. The summed E-state index contributed by atoms with van der Waals surface area (Å²) in [6.45, 7) is 0.758. The molecule has 0 fully saturated rings. The van der Waals surface area contributed by atoms with Crippen LogP contribution in [0.15, 0.2) is 24.3 Å². The maximum Gasteiger partial charge on any atom is 0.434 e. The molecule has 0 aliphatic heterocycles. The van der Waals surface area contributed by atoms with Gasteiger partial charge in [-0.25, -0.2) is 4.39 Å². The molecule has 0 aliphatic carbocycles. The van der Waals surface area contributed by atoms with Crippen molar-refractivity contribution in [3.05, 3.63) is 35.6 Å². The molecule has 1 rings (SSSR count). The number of rotatable bonds is 7. The molecule has 1 aromatic carbocycles. The minimum atomic E-state index is -5.84. The predicted molar refractivity (Wildman–Crippen MR) is 75.7 cm³/mol. The van der Waals surface area contributed by atoms with Crippen LogP contribution in [-0.4, -0.2) is 23.9 Å². The highest BCUT2D eigenvalue weighted by molar-refractivity contribution is 5.77. The van der Waals surface area contributed by atoms with E-state index in [0.29, 0.717) is 6.42 Å². The number of benzene rings is 1. The standard InChI is InChI=1S/C15H17F7N2O/c1-2-3-4-12(25)24-13(14(17,18)19,15(20,21)22)23-9-10-5-7-11(16)8-6-10/h5-8,23H,2-4,9H2,1H3,(H,24,25). The lowest BCUT2D eigenvalue weighted by Crippen LogP contribution is -2.75. The summed E-state index contributed by atoms with van der Waals surface area (Å²) in [7, 11) is 0. The van der Waals surface area contributed by atoms with Gasteiger partial charge in [-0.1, -0.05) is 25.5 Å². The third-order valence-electron chi connectivity index (χ3n) is 3.41. The summed E-state index contributed by atoms with van der Waals surface area (Å²) in [4.78, 5) is 11.6. The van der Waals surface area contributed by atoms with E-state index >= 15 is 0 Å². The van der Waals surface area contributed by atoms with Crippen molar-refractivity contribution in [3.63, 3.8) is 0 Å². The van der Waals surface area contributed by atoms with Crippen molar-refractivity contribution in [2.45, 2.75) is 50.7 Å². The Balaban J connectivity index is 3.11. The Bertz CT molecular complexity index is 553. The van der Waals surface area contributed by atoms with Crippen LogP contribution < -0.4 is 10.6 Å². The maximum atomic E-state index is 13.3. The number of carbonyl (C=O) groups is 1. The number of alkyl halides is 6. The van der Waals surface area contributed by atoms with Crippen LogP contribution in [0.3, 0.4) is 0 Å². The van der Waals surface area contributed by atoms with Crippen molar-refractivity contribution in [1.82, 2.24) is 10.6 Å². The van der Waals surface area contributed by atoms with Crippen LogP contribution in [0.4, 0.5) is 30.7 Å². The summed E-state index contributed by atoms with van der Waals surface area (Å²) >= 11 is 0. The van der Waals surface area contributed by atoms with E-state index in [1.165, 1.54) is 5.32 Å². The highest BCUT2D eigenvalue weighted by Gasteiger charge is 2.71. The molecular formula is C15H17F7N2O. The fraction of sp³-hybridized carbons (Fsp3) is 0.533. The molecule has 1 aromatic rings. The van der Waals surface area contributed by atoms with Gasteiger partial charge in [0.05, 0.1) is 0 Å². The van der Waals surface area contributed by atoms with Gasteiger partial charge >= 0.3 is 12.4 Å². The molecule has 0 bridgehead atoms. The molecule has 0 saturated heterocycles. The van der Waals surface area contributed by atoms with Gasteiger partial charge in [0.25, 0.3) is 5.66 Å². The number of nitrogens with one attached hydrogen (secondary N) is 2. The fourth-order valence-corrected chi connectivity index (χ4v) is 1.99. The molecule has 0 radical (unpaired) electrons. The SMILES string of the molecule is CCCCC(=O)NC(NCc1ccc(F)cc1)(C(F)(F)F)C(F)(F)F. The van der Waals surface area contributed by atoms with Crippen molar-refractivity contribution in [2.24, 2.45) is 0 Å². The summed E-state index contributed by atoms with van der Waals surface area (Å²) in [6.07, 6.45) is -11.6. The Labute approximate surface area is 139 Å². The van der Waals surface area contributed by atoms with E-state index < -0.39 is 42.7 Å². The molecule has 25 heavy (non-hydrogen) atoms. The Hall–Kier alpha value is -1.84. The second kappa shape index (κ2) is 8.03. The number of halogens is 7. The van der Waals surface area contributed by atoms with Gasteiger partial charge in [-0.05, 0) is 24.1 Å². The zero-order chi connectivity index (χ0) is 19.3. The second-order valence-electron chi connectivity index (χ2n) is 5.38. The normalized spacial score (nSPS) is 13.0. The van der Waals surface area contributed by atoms with Crippen molar-refractivity contribution in [3.8, 4) is 0 Å². The number of hydrogen-bond donors (Lipinski definition) is 2. The third-order valence-corrected chi connectivity index (χ3v) is 3.41. The molecule has 0 saturated carbocycles. The van der Waals surface area contributed by atoms with Crippen LogP contribution in [0, 0.1) is 5.82 Å². The van der Waals surface area contributed by atoms with Crippen LogP contribution in [0.5, 0.6) is 0 Å². The van der Waals surface area contributed by atoms with E-state index in [2.05, 4.69) is 0 Å². The topological polar surface area (TPSA) is 41.1 Å². The minimum Gasteiger partial charge on any atom is -0.323 e. The van der Waals surface area contributed by atoms with Crippen LogP contribution in [-0.2, 0) is 11.3 Å². The molecule has 0 unspecified atom stereocenters. The molecular weight excluding hydrogens is 357 g/mol. The molecule has 0 atom stereocenters. The Kier molecular flexibility index (Phi) is 6.81. The van der Waals surface area contributed by atoms with Crippen molar-refractivity contribution in [2.75, 3.05) is 0 Å². The molecule has 0 aliphatic rings. The highest BCUT2D eigenvalue weighted by Crippen LogP contribution is 2.41. The first-order chi connectivity index (χ1) is 11.4. The summed E-state index contributed by atoms with van der Waals surface area (Å²) in [5, 5.41) is 2.40. The van der Waals surface area contributed by atoms with E-state index in [-0.39, 0.29) is 12.0 Å². The Morgan fingerprint density at radius 3 is 1.96 bits per heavy atom. The van der Waals surface area contributed by atoms with Crippen molar-refractivity contribution in [1.29, 1.82) is 0 Å². The molecule has 0 spiro atoms. The number of hydrogen-bond acceptors (Lipinski definition) is 2. The second-order valence-corrected chi connectivity index (χ2v) is 5.38. The summed E-state index contributed by atoms with van der Waals surface area (Å²) in [5.74, 6) is -2.06. The summed E-state index contributed by atoms with van der Waals surface area (Å²) < 4.78 is 92.4. The molecule has 0 aromatic heterocycles. The van der Waals surface area contributed by atoms with Gasteiger partial charge in [0.15, 0.2) is 0 Å². The van der Waals surface area contributed by atoms with Crippen molar-refractivity contribution < 1.29 is 35.5 Å². The first kappa shape index (κ1) is 21.2. The molecule has 142 valence electrons. The maximum absolute atomic E-state index is 13.3. The van der Waals surface area contributed by atoms with Gasteiger partial charge in [-0.2, -0.15) is 26.3 Å². The Morgan fingerprint density at radius 2 is 1.52 bits per heavy atom. The van der Waals surface area contributed by atoms with Crippen molar-refractivity contribution >= 4 is 5.91 Å². The number of carbonyl (C=O) groups excluding carboxylic acids is 1. The third kappa shape index (κ3) is 5.32. The van der Waals surface area contributed by atoms with Gasteiger partial charge in [0.1, 0.15) is 5.82 Å². The first-order valence-electron chi connectivity index (χ1n) is 7.37. The summed E-state index contributed by atoms with van der Waals surface area (Å²) in [5.41, 5.74) is -4.61. The van der Waals surface area contributed by atoms with Gasteiger partial charge in [-0.15, -0.1) is 0 Å². The van der Waals surface area contributed by atoms with Gasteiger partial charge in [0, 0.05) is 13.0 Å². The minimum absolute atomic E-state index is 0.0120. The van der Waals surface area contributed by atoms with E-state index in [1.807, 2.05) is 0 Å². The molecule has 0 heterocycles. The molecule has 3 nitrogen and oxygen atoms in total. The summed E-state index contributed by atoms with van der Waals surface area (Å²) in [6, 6.07) is 3.89. The zero-order valence-electron chi connectivity index (χ0n) is 13.2. The van der Waals surface area contributed by atoms with Gasteiger partial charge in [-0.3, -0.25) is 10.1 Å². The van der Waals surface area contributed by atoms with Crippen LogP contribution >= 0.6 is 0 Å². The largest absolute Gasteiger partial charge is 0.434 e.